The number of aromatic nitrogens is 2. The third-order valence-electron chi connectivity index (χ3n) is 7.28. The van der Waals surface area contributed by atoms with Gasteiger partial charge < -0.3 is 25.5 Å². The second kappa shape index (κ2) is 11.9. The van der Waals surface area contributed by atoms with Crippen molar-refractivity contribution in [3.63, 3.8) is 0 Å². The number of anilines is 1. The molecular weight excluding hydrogens is 486 g/mol. The van der Waals surface area contributed by atoms with E-state index < -0.39 is 6.10 Å². The van der Waals surface area contributed by atoms with E-state index in [1.807, 2.05) is 6.07 Å². The highest BCUT2D eigenvalue weighted by molar-refractivity contribution is 6.40. The largest absolute Gasteiger partial charge is 0.399 e. The molecule has 0 spiro atoms. The summed E-state index contributed by atoms with van der Waals surface area (Å²) in [4.78, 5) is 42.8. The molecule has 1 unspecified atom stereocenters. The van der Waals surface area contributed by atoms with E-state index >= 15 is 0 Å². The lowest BCUT2D eigenvalue weighted by Crippen LogP contribution is -2.42. The second-order valence-electron chi connectivity index (χ2n) is 10.2. The van der Waals surface area contributed by atoms with E-state index in [4.69, 9.17) is 4.84 Å². The Morgan fingerprint density at radius 3 is 2.79 bits per heavy atom. The van der Waals surface area contributed by atoms with E-state index in [1.54, 1.807) is 11.0 Å². The molecule has 1 aliphatic carbocycles. The highest BCUT2D eigenvalue weighted by atomic mass is 16.6. The standard InChI is InChI=1S/C27H35N7O4/c1-38-32-25(19-6-7-19)27(37)34-11-9-21(15-34)31-24-12-23(29-17-30-24)26(36)28-13-22(35)16-33-10-8-18-4-2-3-5-20(18)14-33/h2-5,12,17,19,21-22,35H,6-11,13-16H2,1H3,(H,28,36)(H,29,30,31)/t21?,22-/m0/s1. The van der Waals surface area contributed by atoms with Crippen molar-refractivity contribution in [2.75, 3.05) is 45.2 Å². The lowest BCUT2D eigenvalue weighted by atomic mass is 10.00. The first-order valence-electron chi connectivity index (χ1n) is 13.2. The number of oxime groups is 1. The summed E-state index contributed by atoms with van der Waals surface area (Å²) in [6.45, 7) is 3.44. The Labute approximate surface area is 222 Å². The molecule has 2 aliphatic heterocycles. The maximum absolute atomic E-state index is 12.9. The Morgan fingerprint density at radius 2 is 2.00 bits per heavy atom. The molecule has 3 heterocycles. The molecule has 5 rings (SSSR count). The van der Waals surface area contributed by atoms with E-state index in [9.17, 15) is 14.7 Å². The van der Waals surface area contributed by atoms with Gasteiger partial charge in [0.15, 0.2) is 0 Å². The van der Waals surface area contributed by atoms with Crippen molar-refractivity contribution in [1.29, 1.82) is 0 Å². The number of aliphatic hydroxyl groups is 1. The van der Waals surface area contributed by atoms with Gasteiger partial charge in [0, 0.05) is 57.3 Å². The molecule has 0 bridgehead atoms. The van der Waals surface area contributed by atoms with Crippen molar-refractivity contribution >= 4 is 23.3 Å². The van der Waals surface area contributed by atoms with Gasteiger partial charge in [-0.05, 0) is 36.8 Å². The molecule has 3 aliphatic rings. The number of β-amino-alcohol motifs (C(OH)–C–C–N with tert-alkyl or cyclic N) is 1. The number of carbonyl (C=O) groups is 2. The zero-order chi connectivity index (χ0) is 26.5. The molecule has 2 aromatic rings. The Morgan fingerprint density at radius 1 is 1.18 bits per heavy atom. The van der Waals surface area contributed by atoms with Crippen LogP contribution in [-0.4, -0.2) is 94.4 Å². The molecule has 11 nitrogen and oxygen atoms in total. The highest BCUT2D eigenvalue weighted by Gasteiger charge is 2.37. The summed E-state index contributed by atoms with van der Waals surface area (Å²) < 4.78 is 0. The Balaban J connectivity index is 1.08. The smallest absolute Gasteiger partial charge is 0.272 e. The number of nitrogens with zero attached hydrogens (tertiary/aromatic N) is 5. The van der Waals surface area contributed by atoms with Gasteiger partial charge in [0.2, 0.25) is 0 Å². The van der Waals surface area contributed by atoms with Crippen molar-refractivity contribution in [3.05, 3.63) is 53.5 Å². The van der Waals surface area contributed by atoms with Gasteiger partial charge in [0.1, 0.15) is 30.7 Å². The lowest BCUT2D eigenvalue weighted by molar-refractivity contribution is -0.123. The average molecular weight is 522 g/mol. The summed E-state index contributed by atoms with van der Waals surface area (Å²) in [5.74, 6) is 0.276. The second-order valence-corrected chi connectivity index (χ2v) is 10.2. The summed E-state index contributed by atoms with van der Waals surface area (Å²) in [6, 6.07) is 9.96. The van der Waals surface area contributed by atoms with Crippen molar-refractivity contribution < 1.29 is 19.5 Å². The van der Waals surface area contributed by atoms with Gasteiger partial charge in [-0.3, -0.25) is 14.5 Å². The predicted octanol–water partition coefficient (Wildman–Crippen LogP) is 1.05. The van der Waals surface area contributed by atoms with E-state index in [0.29, 0.717) is 31.2 Å². The highest BCUT2D eigenvalue weighted by Crippen LogP contribution is 2.32. The first-order valence-corrected chi connectivity index (χ1v) is 13.2. The molecule has 2 fully saturated rings. The summed E-state index contributed by atoms with van der Waals surface area (Å²) in [7, 11) is 1.46. The van der Waals surface area contributed by atoms with E-state index in [0.717, 1.165) is 38.8 Å². The molecule has 1 aromatic heterocycles. The number of carbonyl (C=O) groups excluding carboxylic acids is 2. The summed E-state index contributed by atoms with van der Waals surface area (Å²) in [5.41, 5.74) is 3.37. The normalized spacial score (nSPS) is 20.5. The maximum atomic E-state index is 12.9. The van der Waals surface area contributed by atoms with E-state index in [2.05, 4.69) is 48.9 Å². The molecule has 1 aromatic carbocycles. The topological polar surface area (TPSA) is 132 Å². The zero-order valence-electron chi connectivity index (χ0n) is 21.7. The summed E-state index contributed by atoms with van der Waals surface area (Å²) >= 11 is 0. The van der Waals surface area contributed by atoms with Crippen molar-refractivity contribution in [3.8, 4) is 0 Å². The maximum Gasteiger partial charge on any atom is 0.272 e. The number of hydrogen-bond acceptors (Lipinski definition) is 9. The summed E-state index contributed by atoms with van der Waals surface area (Å²) in [5, 5.41) is 20.6. The van der Waals surface area contributed by atoms with E-state index in [-0.39, 0.29) is 36.0 Å². The number of amides is 2. The van der Waals surface area contributed by atoms with Gasteiger partial charge in [-0.1, -0.05) is 29.4 Å². The molecular formula is C27H35N7O4. The van der Waals surface area contributed by atoms with Crippen LogP contribution in [0.15, 0.2) is 41.8 Å². The molecule has 202 valence electrons. The first kappa shape index (κ1) is 26.1. The number of rotatable bonds is 10. The van der Waals surface area contributed by atoms with Crippen LogP contribution in [-0.2, 0) is 22.6 Å². The monoisotopic (exact) mass is 521 g/mol. The van der Waals surface area contributed by atoms with Gasteiger partial charge >= 0.3 is 0 Å². The quantitative estimate of drug-likeness (QED) is 0.312. The fourth-order valence-corrected chi connectivity index (χ4v) is 5.11. The van der Waals surface area contributed by atoms with Crippen LogP contribution in [0.5, 0.6) is 0 Å². The van der Waals surface area contributed by atoms with Crippen LogP contribution < -0.4 is 10.6 Å². The van der Waals surface area contributed by atoms with Crippen LogP contribution in [0, 0.1) is 5.92 Å². The molecule has 2 amide bonds. The van der Waals surface area contributed by atoms with Gasteiger partial charge in [-0.2, -0.15) is 0 Å². The minimum atomic E-state index is -0.687. The SMILES string of the molecule is CON=C(C(=O)N1CCC(Nc2cc(C(=O)NC[C@H](O)CN3CCc4ccccc4C3)ncn2)C1)C1CC1. The minimum Gasteiger partial charge on any atom is -0.399 e. The van der Waals surface area contributed by atoms with Gasteiger partial charge in [0.05, 0.1) is 6.10 Å². The number of aliphatic hydroxyl groups excluding tert-OH is 1. The number of fused-ring (bicyclic) bond motifs is 1. The van der Waals surface area contributed by atoms with Crippen LogP contribution >= 0.6 is 0 Å². The predicted molar refractivity (Wildman–Crippen MR) is 142 cm³/mol. The van der Waals surface area contributed by atoms with Gasteiger partial charge in [-0.25, -0.2) is 9.97 Å². The van der Waals surface area contributed by atoms with Crippen molar-refractivity contribution in [1.82, 2.24) is 25.1 Å². The third-order valence-corrected chi connectivity index (χ3v) is 7.28. The zero-order valence-corrected chi connectivity index (χ0v) is 21.7. The molecule has 0 radical (unpaired) electrons. The molecule has 1 saturated carbocycles. The van der Waals surface area contributed by atoms with Crippen molar-refractivity contribution in [2.45, 2.75) is 44.4 Å². The average Bonchev–Trinajstić information content (AvgIpc) is 3.67. The Bertz CT molecular complexity index is 1190. The molecule has 1 saturated heterocycles. The molecule has 2 atom stereocenters. The minimum absolute atomic E-state index is 0.00394. The first-order chi connectivity index (χ1) is 18.5. The fourth-order valence-electron chi connectivity index (χ4n) is 5.11. The molecule has 3 N–H and O–H groups in total. The van der Waals surface area contributed by atoms with Crippen LogP contribution in [0.2, 0.25) is 0 Å². The van der Waals surface area contributed by atoms with Gasteiger partial charge in [-0.15, -0.1) is 0 Å². The van der Waals surface area contributed by atoms with Crippen LogP contribution in [0.3, 0.4) is 0 Å². The number of nitrogens with one attached hydrogen (secondary N) is 2. The Kier molecular flexibility index (Phi) is 8.14. The Hall–Kier alpha value is -3.57. The molecule has 11 heteroatoms. The summed E-state index contributed by atoms with van der Waals surface area (Å²) in [6.07, 6.45) is 4.31. The van der Waals surface area contributed by atoms with Crippen LogP contribution in [0.4, 0.5) is 5.82 Å². The number of hydrogen-bond donors (Lipinski definition) is 3. The van der Waals surface area contributed by atoms with Crippen LogP contribution in [0.1, 0.15) is 40.9 Å². The fraction of sp³-hybridized carbons (Fsp3) is 0.519. The number of benzene rings is 1. The third kappa shape index (κ3) is 6.46. The van der Waals surface area contributed by atoms with Crippen LogP contribution in [0.25, 0.3) is 0 Å². The van der Waals surface area contributed by atoms with E-state index in [1.165, 1.54) is 24.6 Å². The number of likely N-dealkylation sites (tertiary alicyclic amines) is 1. The molecule has 38 heavy (non-hydrogen) atoms. The lowest BCUT2D eigenvalue weighted by Gasteiger charge is -2.30. The van der Waals surface area contributed by atoms with Crippen molar-refractivity contribution in [2.24, 2.45) is 11.1 Å². The van der Waals surface area contributed by atoms with Gasteiger partial charge in [0.25, 0.3) is 11.8 Å².